The fraction of sp³-hybridized carbons (Fsp3) is 0.333. The number of fused-ring (bicyclic) bond motifs is 1. The highest BCUT2D eigenvalue weighted by Crippen LogP contribution is 2.36. The molecule has 8 heteroatoms. The molecule has 3 heterocycles. The number of rotatable bonds is 4. The Morgan fingerprint density at radius 3 is 2.66 bits per heavy atom. The molecule has 5 rings (SSSR count). The molecule has 4 aromatic rings. The number of aromatic nitrogens is 4. The van der Waals surface area contributed by atoms with E-state index in [1.54, 1.807) is 0 Å². The molecule has 0 radical (unpaired) electrons. The van der Waals surface area contributed by atoms with Crippen LogP contribution < -0.4 is 0 Å². The van der Waals surface area contributed by atoms with E-state index in [9.17, 15) is 9.50 Å². The van der Waals surface area contributed by atoms with Crippen LogP contribution in [-0.4, -0.2) is 30.5 Å². The van der Waals surface area contributed by atoms with Gasteiger partial charge in [0, 0.05) is 40.3 Å². The van der Waals surface area contributed by atoms with Gasteiger partial charge in [-0.25, -0.2) is 4.39 Å². The first-order valence-corrected chi connectivity index (χ1v) is 11.5. The first-order valence-electron chi connectivity index (χ1n) is 10.7. The summed E-state index contributed by atoms with van der Waals surface area (Å²) in [5.41, 5.74) is 4.21. The number of pyridine rings is 1. The second-order valence-electron chi connectivity index (χ2n) is 8.46. The molecule has 1 aromatic carbocycles. The van der Waals surface area contributed by atoms with Crippen molar-refractivity contribution in [2.45, 2.75) is 50.8 Å². The third kappa shape index (κ3) is 3.81. The number of nitrogens with zero attached hydrogens (tertiary/aromatic N) is 4. The van der Waals surface area contributed by atoms with Crippen LogP contribution in [-0.2, 0) is 0 Å². The maximum absolute atomic E-state index is 14.1. The van der Waals surface area contributed by atoms with Crippen molar-refractivity contribution < 1.29 is 9.50 Å². The van der Waals surface area contributed by atoms with Crippen molar-refractivity contribution in [3.63, 3.8) is 0 Å². The summed E-state index contributed by atoms with van der Waals surface area (Å²) in [5.74, 6) is -0.490. The first kappa shape index (κ1) is 21.4. The van der Waals surface area contributed by atoms with Gasteiger partial charge in [-0.2, -0.15) is 5.10 Å². The minimum absolute atomic E-state index is 0.0369. The number of halogens is 3. The number of aliphatic hydroxyl groups excluding tert-OH is 1. The molecule has 0 amide bonds. The second kappa shape index (κ2) is 8.50. The van der Waals surface area contributed by atoms with Crippen molar-refractivity contribution in [2.75, 3.05) is 0 Å². The molecule has 0 aliphatic heterocycles. The number of hydrogen-bond donors (Lipinski definition) is 1. The molecule has 1 atom stereocenters. The van der Waals surface area contributed by atoms with E-state index in [2.05, 4.69) is 16.1 Å². The predicted octanol–water partition coefficient (Wildman–Crippen LogP) is 6.43. The highest BCUT2D eigenvalue weighted by Gasteiger charge is 2.22. The predicted molar refractivity (Wildman–Crippen MR) is 125 cm³/mol. The Morgan fingerprint density at radius 1 is 1.09 bits per heavy atom. The Bertz CT molecular complexity index is 1280. The zero-order valence-corrected chi connectivity index (χ0v) is 19.1. The largest absolute Gasteiger partial charge is 0.393 e. The molecule has 0 bridgehead atoms. The summed E-state index contributed by atoms with van der Waals surface area (Å²) in [7, 11) is 0. The van der Waals surface area contributed by atoms with Crippen molar-refractivity contribution in [3.05, 3.63) is 70.5 Å². The maximum atomic E-state index is 14.1. The number of benzene rings is 1. The average molecular weight is 473 g/mol. The molecule has 1 N–H and O–H groups in total. The highest BCUT2D eigenvalue weighted by molar-refractivity contribution is 6.36. The van der Waals surface area contributed by atoms with Gasteiger partial charge in [-0.1, -0.05) is 23.2 Å². The third-order valence-electron chi connectivity index (χ3n) is 6.46. The molecule has 0 unspecified atom stereocenters. The molecule has 166 valence electrons. The Kier molecular flexibility index (Phi) is 5.70. The molecular weight excluding hydrogens is 450 g/mol. The normalized spacial score (nSPS) is 20.0. The second-order valence-corrected chi connectivity index (χ2v) is 9.24. The summed E-state index contributed by atoms with van der Waals surface area (Å²) in [6.07, 6.45) is 10.9. The van der Waals surface area contributed by atoms with E-state index in [-0.39, 0.29) is 17.2 Å². The van der Waals surface area contributed by atoms with Crippen LogP contribution in [0.4, 0.5) is 4.39 Å². The molecule has 1 aliphatic rings. The molecule has 3 aromatic heterocycles. The lowest BCUT2D eigenvalue weighted by atomic mass is 9.93. The monoisotopic (exact) mass is 472 g/mol. The van der Waals surface area contributed by atoms with Crippen molar-refractivity contribution in [2.24, 2.45) is 0 Å². The van der Waals surface area contributed by atoms with Crippen LogP contribution >= 0.6 is 23.2 Å². The zero-order chi connectivity index (χ0) is 22.4. The SMILES string of the molecule is C[C@H](c1c(Cl)ccc(F)c1Cl)n1ccc2ncc(-c3cnn(C4CCC(O)CC4)c3)cc21. The first-order chi connectivity index (χ1) is 15.4. The molecule has 0 saturated heterocycles. The van der Waals surface area contributed by atoms with Gasteiger partial charge in [-0.3, -0.25) is 9.67 Å². The van der Waals surface area contributed by atoms with Crippen LogP contribution in [0.15, 0.2) is 49.1 Å². The van der Waals surface area contributed by atoms with Crippen molar-refractivity contribution in [1.29, 1.82) is 0 Å². The summed E-state index contributed by atoms with van der Waals surface area (Å²) in [6, 6.07) is 6.82. The van der Waals surface area contributed by atoms with Gasteiger partial charge < -0.3 is 9.67 Å². The van der Waals surface area contributed by atoms with Gasteiger partial charge in [0.2, 0.25) is 0 Å². The molecule has 0 spiro atoms. The maximum Gasteiger partial charge on any atom is 0.142 e. The fourth-order valence-corrected chi connectivity index (χ4v) is 5.29. The Hall–Kier alpha value is -2.41. The molecule has 1 saturated carbocycles. The topological polar surface area (TPSA) is 55.9 Å². The minimum Gasteiger partial charge on any atom is -0.393 e. The van der Waals surface area contributed by atoms with Gasteiger partial charge >= 0.3 is 0 Å². The van der Waals surface area contributed by atoms with Gasteiger partial charge in [-0.05, 0) is 56.9 Å². The summed E-state index contributed by atoms with van der Waals surface area (Å²) in [5, 5.41) is 14.8. The van der Waals surface area contributed by atoms with Crippen molar-refractivity contribution in [3.8, 4) is 11.1 Å². The zero-order valence-electron chi connectivity index (χ0n) is 17.5. The van der Waals surface area contributed by atoms with Crippen molar-refractivity contribution >= 4 is 34.2 Å². The molecule has 1 aliphatic carbocycles. The summed E-state index contributed by atoms with van der Waals surface area (Å²) >= 11 is 12.6. The van der Waals surface area contributed by atoms with E-state index in [1.807, 2.05) is 47.0 Å². The molecule has 32 heavy (non-hydrogen) atoms. The van der Waals surface area contributed by atoms with Crippen LogP contribution in [0.2, 0.25) is 10.0 Å². The quantitative estimate of drug-likeness (QED) is 0.348. The smallest absolute Gasteiger partial charge is 0.142 e. The molecule has 1 fully saturated rings. The van der Waals surface area contributed by atoms with Gasteiger partial charge in [0.15, 0.2) is 0 Å². The Morgan fingerprint density at radius 2 is 1.88 bits per heavy atom. The van der Waals surface area contributed by atoms with Crippen LogP contribution in [0.3, 0.4) is 0 Å². The Balaban J connectivity index is 1.49. The van der Waals surface area contributed by atoms with E-state index < -0.39 is 5.82 Å². The van der Waals surface area contributed by atoms with E-state index in [4.69, 9.17) is 23.2 Å². The minimum atomic E-state index is -0.490. The van der Waals surface area contributed by atoms with E-state index >= 15 is 0 Å². The Labute approximate surface area is 195 Å². The van der Waals surface area contributed by atoms with E-state index in [0.29, 0.717) is 16.6 Å². The lowest BCUT2D eigenvalue weighted by Gasteiger charge is -2.25. The van der Waals surface area contributed by atoms with Crippen LogP contribution in [0.5, 0.6) is 0 Å². The molecular formula is C24H23Cl2FN4O. The van der Waals surface area contributed by atoms with Crippen molar-refractivity contribution in [1.82, 2.24) is 19.3 Å². The highest BCUT2D eigenvalue weighted by atomic mass is 35.5. The van der Waals surface area contributed by atoms with Gasteiger partial charge in [0.25, 0.3) is 0 Å². The number of hydrogen-bond acceptors (Lipinski definition) is 3. The standard InChI is InChI=1S/C24H23Cl2FN4O/c1-14(23-19(25)6-7-20(27)24(23)26)30-9-8-21-22(30)10-15(11-28-21)16-12-29-31(13-16)17-2-4-18(32)5-3-17/h6-14,17-18,32H,2-5H2,1H3/t14-,17?,18?/m1/s1. The average Bonchev–Trinajstić information content (AvgIpc) is 3.44. The summed E-state index contributed by atoms with van der Waals surface area (Å²) in [4.78, 5) is 4.62. The van der Waals surface area contributed by atoms with E-state index in [1.165, 1.54) is 12.1 Å². The van der Waals surface area contributed by atoms with Crippen LogP contribution in [0.1, 0.15) is 50.3 Å². The van der Waals surface area contributed by atoms with Gasteiger partial charge in [-0.15, -0.1) is 0 Å². The lowest BCUT2D eigenvalue weighted by Crippen LogP contribution is -2.21. The van der Waals surface area contributed by atoms with Gasteiger partial charge in [0.1, 0.15) is 5.82 Å². The number of aliphatic hydroxyl groups is 1. The lowest BCUT2D eigenvalue weighted by molar-refractivity contribution is 0.108. The van der Waals surface area contributed by atoms with Crippen LogP contribution in [0, 0.1) is 5.82 Å². The van der Waals surface area contributed by atoms with E-state index in [0.717, 1.165) is 47.8 Å². The fourth-order valence-electron chi connectivity index (χ4n) is 4.60. The summed E-state index contributed by atoms with van der Waals surface area (Å²) in [6.45, 7) is 1.94. The van der Waals surface area contributed by atoms with Crippen LogP contribution in [0.25, 0.3) is 22.2 Å². The van der Waals surface area contributed by atoms with Gasteiger partial charge in [0.05, 0.1) is 40.4 Å². The summed E-state index contributed by atoms with van der Waals surface area (Å²) < 4.78 is 18.1. The third-order valence-corrected chi connectivity index (χ3v) is 7.17. The molecule has 5 nitrogen and oxygen atoms in total.